The van der Waals surface area contributed by atoms with Crippen molar-refractivity contribution in [3.05, 3.63) is 23.4 Å². The molecule has 2 N–H and O–H groups in total. The van der Waals surface area contributed by atoms with Crippen molar-refractivity contribution in [2.45, 2.75) is 45.3 Å². The third kappa shape index (κ3) is 2.42. The zero-order chi connectivity index (χ0) is 14.3. The number of hydrogen-bond acceptors (Lipinski definition) is 4. The van der Waals surface area contributed by atoms with Crippen LogP contribution in [-0.2, 0) is 6.61 Å². The van der Waals surface area contributed by atoms with E-state index in [1.165, 1.54) is 0 Å². The van der Waals surface area contributed by atoms with Crippen molar-refractivity contribution in [1.82, 2.24) is 4.98 Å². The second-order valence-corrected chi connectivity index (χ2v) is 6.54. The first-order valence-electron chi connectivity index (χ1n) is 7.63. The number of nitrogens with zero attached hydrogens (tertiary/aromatic N) is 2. The van der Waals surface area contributed by atoms with E-state index in [2.05, 4.69) is 18.7 Å². The topological polar surface area (TPSA) is 56.6 Å². The molecule has 4 heteroatoms. The maximum Gasteiger partial charge on any atom is 0.129 e. The minimum atomic E-state index is -0.143. The van der Waals surface area contributed by atoms with Crippen LogP contribution in [0.3, 0.4) is 0 Å². The molecule has 4 nitrogen and oxygen atoms in total. The number of aliphatic hydroxyl groups is 2. The monoisotopic (exact) mass is 276 g/mol. The summed E-state index contributed by atoms with van der Waals surface area (Å²) in [7, 11) is 0. The van der Waals surface area contributed by atoms with Gasteiger partial charge < -0.3 is 15.1 Å². The first-order valence-corrected chi connectivity index (χ1v) is 7.63. The van der Waals surface area contributed by atoms with Crippen LogP contribution in [0.5, 0.6) is 0 Å². The molecule has 110 valence electrons. The van der Waals surface area contributed by atoms with Gasteiger partial charge in [-0.3, -0.25) is 0 Å². The molecule has 2 heterocycles. The summed E-state index contributed by atoms with van der Waals surface area (Å²) >= 11 is 0. The fraction of sp³-hybridized carbons (Fsp3) is 0.688. The summed E-state index contributed by atoms with van der Waals surface area (Å²) in [5, 5.41) is 19.4. The number of pyridine rings is 1. The molecule has 0 aromatic carbocycles. The van der Waals surface area contributed by atoms with E-state index in [-0.39, 0.29) is 12.7 Å². The molecule has 0 spiro atoms. The zero-order valence-electron chi connectivity index (χ0n) is 12.3. The number of hydrogen-bond donors (Lipinski definition) is 2. The van der Waals surface area contributed by atoms with Gasteiger partial charge in [-0.25, -0.2) is 4.98 Å². The fourth-order valence-electron chi connectivity index (χ4n) is 3.57. The molecule has 1 saturated heterocycles. The molecule has 1 aromatic rings. The molecule has 3 rings (SSSR count). The lowest BCUT2D eigenvalue weighted by molar-refractivity contribution is 0.133. The third-order valence-electron chi connectivity index (χ3n) is 4.81. The molecule has 2 fully saturated rings. The molecule has 3 atom stereocenters. The maximum absolute atomic E-state index is 10.0. The summed E-state index contributed by atoms with van der Waals surface area (Å²) in [4.78, 5) is 7.03. The Labute approximate surface area is 120 Å². The molecule has 1 saturated carbocycles. The van der Waals surface area contributed by atoms with Crippen LogP contribution in [0.15, 0.2) is 12.1 Å². The Kier molecular flexibility index (Phi) is 3.69. The molecule has 1 aromatic heterocycles. The Morgan fingerprint density at radius 2 is 2.10 bits per heavy atom. The Balaban J connectivity index is 1.85. The van der Waals surface area contributed by atoms with Gasteiger partial charge in [-0.15, -0.1) is 0 Å². The van der Waals surface area contributed by atoms with Crippen molar-refractivity contribution in [3.63, 3.8) is 0 Å². The van der Waals surface area contributed by atoms with Crippen LogP contribution in [0.25, 0.3) is 0 Å². The smallest absolute Gasteiger partial charge is 0.129 e. The lowest BCUT2D eigenvalue weighted by Crippen LogP contribution is -2.25. The molecule has 1 aliphatic carbocycles. The molecule has 3 unspecified atom stereocenters. The van der Waals surface area contributed by atoms with E-state index in [0.29, 0.717) is 17.8 Å². The first kappa shape index (κ1) is 13.8. The molecule has 20 heavy (non-hydrogen) atoms. The average Bonchev–Trinajstić information content (AvgIpc) is 3.01. The van der Waals surface area contributed by atoms with Gasteiger partial charge in [0, 0.05) is 24.7 Å². The van der Waals surface area contributed by atoms with E-state index in [1.54, 1.807) is 0 Å². The predicted molar refractivity (Wildman–Crippen MR) is 78.7 cm³/mol. The second-order valence-electron chi connectivity index (χ2n) is 6.54. The number of fused-ring (bicyclic) bond motifs is 1. The quantitative estimate of drug-likeness (QED) is 0.885. The third-order valence-corrected chi connectivity index (χ3v) is 4.81. The van der Waals surface area contributed by atoms with Crippen LogP contribution >= 0.6 is 0 Å². The van der Waals surface area contributed by atoms with Gasteiger partial charge in [-0.2, -0.15) is 0 Å². The van der Waals surface area contributed by atoms with Gasteiger partial charge in [0.15, 0.2) is 0 Å². The highest BCUT2D eigenvalue weighted by molar-refractivity contribution is 5.45. The van der Waals surface area contributed by atoms with Crippen molar-refractivity contribution in [2.75, 3.05) is 18.0 Å². The number of anilines is 1. The van der Waals surface area contributed by atoms with Crippen LogP contribution in [0, 0.1) is 11.8 Å². The van der Waals surface area contributed by atoms with Crippen molar-refractivity contribution in [2.24, 2.45) is 11.8 Å². The average molecular weight is 276 g/mol. The highest BCUT2D eigenvalue weighted by atomic mass is 16.3. The highest BCUT2D eigenvalue weighted by Gasteiger charge is 2.42. The standard InChI is InChI=1S/C16H24N2O2/c1-10(2)14-5-11(9-19)6-16(17-14)18-7-12-3-4-15(20)13(12)8-18/h5-6,10,12-13,15,19-20H,3-4,7-9H2,1-2H3. The van der Waals surface area contributed by atoms with Crippen molar-refractivity contribution >= 4 is 5.82 Å². The molecule has 1 aliphatic heterocycles. The second kappa shape index (κ2) is 5.34. The molecule has 0 radical (unpaired) electrons. The summed E-state index contributed by atoms with van der Waals surface area (Å²) < 4.78 is 0. The molecule has 0 amide bonds. The van der Waals surface area contributed by atoms with E-state index in [0.717, 1.165) is 43.0 Å². The van der Waals surface area contributed by atoms with E-state index in [4.69, 9.17) is 4.98 Å². The number of rotatable bonds is 3. The van der Waals surface area contributed by atoms with E-state index >= 15 is 0 Å². The summed E-state index contributed by atoms with van der Waals surface area (Å²) in [5.74, 6) is 2.32. The Morgan fingerprint density at radius 1 is 1.30 bits per heavy atom. The fourth-order valence-corrected chi connectivity index (χ4v) is 3.57. The Bertz CT molecular complexity index is 489. The summed E-state index contributed by atoms with van der Waals surface area (Å²) in [6.07, 6.45) is 1.93. The van der Waals surface area contributed by atoms with Crippen LogP contribution in [0.1, 0.15) is 43.9 Å². The summed E-state index contributed by atoms with van der Waals surface area (Å²) in [5.41, 5.74) is 1.96. The SMILES string of the molecule is CC(C)c1cc(CO)cc(N2CC3CCC(O)C3C2)n1. The van der Waals surface area contributed by atoms with Crippen molar-refractivity contribution in [1.29, 1.82) is 0 Å². The van der Waals surface area contributed by atoms with E-state index in [9.17, 15) is 10.2 Å². The van der Waals surface area contributed by atoms with Gasteiger partial charge >= 0.3 is 0 Å². The van der Waals surface area contributed by atoms with Gasteiger partial charge in [0.1, 0.15) is 5.82 Å². The maximum atomic E-state index is 10.0. The van der Waals surface area contributed by atoms with E-state index < -0.39 is 0 Å². The largest absolute Gasteiger partial charge is 0.393 e. The van der Waals surface area contributed by atoms with Crippen LogP contribution in [-0.4, -0.2) is 34.4 Å². The Morgan fingerprint density at radius 3 is 2.75 bits per heavy atom. The summed E-state index contributed by atoms with van der Waals surface area (Å²) in [6.45, 7) is 6.18. The van der Waals surface area contributed by atoms with Gasteiger partial charge in [0.05, 0.1) is 12.7 Å². The highest BCUT2D eigenvalue weighted by Crippen LogP contribution is 2.39. The minimum absolute atomic E-state index is 0.0541. The molecular weight excluding hydrogens is 252 g/mol. The van der Waals surface area contributed by atoms with Gasteiger partial charge in [-0.05, 0) is 42.4 Å². The zero-order valence-corrected chi connectivity index (χ0v) is 12.3. The van der Waals surface area contributed by atoms with Crippen molar-refractivity contribution in [3.8, 4) is 0 Å². The Hall–Kier alpha value is -1.13. The van der Waals surface area contributed by atoms with Crippen molar-refractivity contribution < 1.29 is 10.2 Å². The summed E-state index contributed by atoms with van der Waals surface area (Å²) in [6, 6.07) is 3.97. The molecule has 2 aliphatic rings. The first-order chi connectivity index (χ1) is 9.58. The number of aromatic nitrogens is 1. The van der Waals surface area contributed by atoms with Gasteiger partial charge in [0.2, 0.25) is 0 Å². The lowest BCUT2D eigenvalue weighted by Gasteiger charge is -2.21. The molecular formula is C16H24N2O2. The van der Waals surface area contributed by atoms with Gasteiger partial charge in [0.25, 0.3) is 0 Å². The minimum Gasteiger partial charge on any atom is -0.393 e. The van der Waals surface area contributed by atoms with Crippen LogP contribution < -0.4 is 4.90 Å². The van der Waals surface area contributed by atoms with Crippen LogP contribution in [0.2, 0.25) is 0 Å². The van der Waals surface area contributed by atoms with E-state index in [1.807, 2.05) is 12.1 Å². The van der Waals surface area contributed by atoms with Gasteiger partial charge in [-0.1, -0.05) is 13.8 Å². The van der Waals surface area contributed by atoms with Crippen LogP contribution in [0.4, 0.5) is 5.82 Å². The lowest BCUT2D eigenvalue weighted by atomic mass is 10.00. The predicted octanol–water partition coefficient (Wildman–Crippen LogP) is 1.90. The number of aliphatic hydroxyl groups excluding tert-OH is 2. The normalized spacial score (nSPS) is 29.2. The molecule has 0 bridgehead atoms.